The van der Waals surface area contributed by atoms with Crippen molar-refractivity contribution in [2.24, 2.45) is 11.8 Å². The first-order valence-corrected chi connectivity index (χ1v) is 19.8. The number of hydrogen-bond donors (Lipinski definition) is 4. The number of benzene rings is 6. The first-order valence-electron chi connectivity index (χ1n) is 19.8. The fourth-order valence-corrected chi connectivity index (χ4v) is 8.59. The summed E-state index contributed by atoms with van der Waals surface area (Å²) in [6.45, 7) is 0. The average molecular weight is 805 g/mol. The summed E-state index contributed by atoms with van der Waals surface area (Å²) in [6.07, 6.45) is 13.3. The van der Waals surface area contributed by atoms with Crippen LogP contribution in [0.5, 0.6) is 0 Å². The number of aromatic carboxylic acids is 3. The molecule has 0 aliphatic heterocycles. The lowest BCUT2D eigenvalue weighted by Crippen LogP contribution is -2.37. The first kappa shape index (κ1) is 40.0. The van der Waals surface area contributed by atoms with Crippen LogP contribution in [0.4, 0.5) is 0 Å². The van der Waals surface area contributed by atoms with Crippen molar-refractivity contribution in [3.63, 3.8) is 0 Å². The van der Waals surface area contributed by atoms with Crippen LogP contribution in [0.15, 0.2) is 193 Å². The summed E-state index contributed by atoms with van der Waals surface area (Å²) in [5, 5.41) is 37.9. The van der Waals surface area contributed by atoms with Gasteiger partial charge in [-0.05, 0) is 111 Å². The Morgan fingerprint density at radius 2 is 0.738 bits per heavy atom. The van der Waals surface area contributed by atoms with Crippen molar-refractivity contribution in [3.05, 3.63) is 227 Å². The third-order valence-corrected chi connectivity index (χ3v) is 11.9. The lowest BCUT2D eigenvalue weighted by molar-refractivity contribution is -0.132. The van der Waals surface area contributed by atoms with E-state index in [0.29, 0.717) is 12.8 Å². The second-order valence-electron chi connectivity index (χ2n) is 15.3. The quantitative estimate of drug-likeness (QED) is 0.0893. The molecule has 6 aromatic rings. The molecular weight excluding hydrogens is 765 g/mol. The molecule has 0 amide bonds. The molecule has 2 aliphatic rings. The smallest absolute Gasteiger partial charge is 0.335 e. The van der Waals surface area contributed by atoms with Crippen molar-refractivity contribution in [3.8, 4) is 33.4 Å². The molecule has 2 atom stereocenters. The van der Waals surface area contributed by atoms with Gasteiger partial charge in [0.15, 0.2) is 0 Å². The molecule has 0 spiro atoms. The molecule has 0 saturated heterocycles. The van der Waals surface area contributed by atoms with Crippen molar-refractivity contribution in [2.45, 2.75) is 18.3 Å². The van der Waals surface area contributed by atoms with Gasteiger partial charge in [0.2, 0.25) is 0 Å². The number of aliphatic carboxylic acids is 1. The molecule has 0 bridgehead atoms. The Balaban J connectivity index is 1.26. The second kappa shape index (κ2) is 16.8. The predicted molar refractivity (Wildman–Crippen MR) is 235 cm³/mol. The van der Waals surface area contributed by atoms with Gasteiger partial charge in [-0.2, -0.15) is 0 Å². The highest BCUT2D eigenvalue weighted by Crippen LogP contribution is 2.50. The molecule has 2 unspecified atom stereocenters. The van der Waals surface area contributed by atoms with Crippen LogP contribution >= 0.6 is 0 Å². The normalized spacial score (nSPS) is 16.0. The minimum absolute atomic E-state index is 0.0418. The molecule has 8 nitrogen and oxygen atoms in total. The van der Waals surface area contributed by atoms with E-state index in [2.05, 4.69) is 91.0 Å². The van der Waals surface area contributed by atoms with Crippen LogP contribution in [0, 0.1) is 11.8 Å². The zero-order valence-corrected chi connectivity index (χ0v) is 32.8. The number of allylic oxidation sites excluding steroid dienone is 6. The molecule has 0 fully saturated rings. The van der Waals surface area contributed by atoms with Crippen LogP contribution in [0.2, 0.25) is 0 Å². The number of carboxylic acids is 4. The molecule has 0 heterocycles. The van der Waals surface area contributed by atoms with Crippen LogP contribution in [-0.4, -0.2) is 44.3 Å². The van der Waals surface area contributed by atoms with Gasteiger partial charge >= 0.3 is 23.9 Å². The van der Waals surface area contributed by atoms with Crippen LogP contribution in [0.25, 0.3) is 33.4 Å². The molecule has 0 aromatic heterocycles. The van der Waals surface area contributed by atoms with E-state index in [1.54, 1.807) is 84.9 Å². The van der Waals surface area contributed by atoms with E-state index in [9.17, 15) is 39.6 Å². The summed E-state index contributed by atoms with van der Waals surface area (Å²) in [6, 6.07) is 45.6. The highest BCUT2D eigenvalue weighted by atomic mass is 16.4. The summed E-state index contributed by atoms with van der Waals surface area (Å²) in [5.41, 5.74) is 9.74. The maximum atomic E-state index is 11.6. The van der Waals surface area contributed by atoms with E-state index in [1.165, 1.54) is 0 Å². The Morgan fingerprint density at radius 1 is 0.393 bits per heavy atom. The van der Waals surface area contributed by atoms with E-state index in [-0.39, 0.29) is 34.1 Å². The monoisotopic (exact) mass is 804 g/mol. The van der Waals surface area contributed by atoms with Gasteiger partial charge in [-0.15, -0.1) is 0 Å². The van der Waals surface area contributed by atoms with E-state index in [0.717, 1.165) is 55.6 Å². The van der Waals surface area contributed by atoms with Gasteiger partial charge in [0.25, 0.3) is 0 Å². The molecule has 2 aliphatic carbocycles. The molecule has 8 rings (SSSR count). The summed E-state index contributed by atoms with van der Waals surface area (Å²) < 4.78 is 0. The average Bonchev–Trinajstić information content (AvgIpc) is 3.30. The lowest BCUT2D eigenvalue weighted by Gasteiger charge is -2.43. The van der Waals surface area contributed by atoms with Crippen LogP contribution in [0.3, 0.4) is 0 Å². The molecule has 4 N–H and O–H groups in total. The Labute approximate surface area is 352 Å². The summed E-state index contributed by atoms with van der Waals surface area (Å²) >= 11 is 0. The number of carboxylic acid groups (broad SMARTS) is 4. The van der Waals surface area contributed by atoms with Gasteiger partial charge < -0.3 is 20.4 Å². The van der Waals surface area contributed by atoms with E-state index in [1.807, 2.05) is 6.08 Å². The van der Waals surface area contributed by atoms with Crippen molar-refractivity contribution in [2.75, 3.05) is 0 Å². The second-order valence-corrected chi connectivity index (χ2v) is 15.3. The van der Waals surface area contributed by atoms with Crippen LogP contribution in [0.1, 0.15) is 60.6 Å². The van der Waals surface area contributed by atoms with Gasteiger partial charge in [0.05, 0.1) is 27.7 Å². The van der Waals surface area contributed by atoms with Crippen molar-refractivity contribution in [1.29, 1.82) is 0 Å². The van der Waals surface area contributed by atoms with Crippen LogP contribution < -0.4 is 0 Å². The van der Waals surface area contributed by atoms with Gasteiger partial charge in [-0.1, -0.05) is 146 Å². The van der Waals surface area contributed by atoms with E-state index >= 15 is 0 Å². The number of rotatable bonds is 12. The zero-order valence-electron chi connectivity index (χ0n) is 32.8. The fraction of sp³-hybridized carbons (Fsp3) is 0.0943. The molecule has 61 heavy (non-hydrogen) atoms. The molecule has 0 radical (unpaired) electrons. The Morgan fingerprint density at radius 3 is 1.00 bits per heavy atom. The van der Waals surface area contributed by atoms with E-state index < -0.39 is 29.3 Å². The first-order chi connectivity index (χ1) is 29.5. The Kier molecular flexibility index (Phi) is 11.0. The molecule has 8 heteroatoms. The fourth-order valence-electron chi connectivity index (χ4n) is 8.59. The lowest BCUT2D eigenvalue weighted by atomic mass is 9.59. The molecule has 0 saturated carbocycles. The van der Waals surface area contributed by atoms with E-state index in [4.69, 9.17) is 0 Å². The predicted octanol–water partition coefficient (Wildman–Crippen LogP) is 11.2. The maximum Gasteiger partial charge on any atom is 0.335 e. The van der Waals surface area contributed by atoms with Gasteiger partial charge in [-0.25, -0.2) is 19.2 Å². The summed E-state index contributed by atoms with van der Waals surface area (Å²) in [4.78, 5) is 46.3. The standard InChI is InChI=1S/C53H40O8/c54-49(55)41-9-1-33(2-10-41)37-17-25-45(26-18-37)53(46-27-19-38(20-28-46)34-3-11-42(12-4-34)50(56)57,47-29-21-39(22-30-47)35-5-13-43(14-6-35)51(58)59)48-31-23-40(24-32-48)36-7-15-44(16-8-36)52(60)61/h1-7,9-31,36,48H,8,32H2,(H,54,55)(H,56,57)(H,58,59)(H,60,61). The van der Waals surface area contributed by atoms with Crippen molar-refractivity contribution >= 4 is 23.9 Å². The minimum atomic E-state index is -0.989. The van der Waals surface area contributed by atoms with Crippen LogP contribution in [-0.2, 0) is 10.2 Å². The zero-order chi connectivity index (χ0) is 42.7. The molecule has 300 valence electrons. The SMILES string of the molecule is O=C(O)C1=CCC(C2=CCC(C(c3ccc(-c4ccc(C(=O)O)cc4)cc3)(c3ccc(-c4ccc(C(=O)O)cc4)cc3)c3ccc(-c4ccc(C(=O)O)cc4)cc3)C=C2)C=C1. The molecular formula is C53H40O8. The summed E-state index contributed by atoms with van der Waals surface area (Å²) in [7, 11) is 0. The van der Waals surface area contributed by atoms with Crippen molar-refractivity contribution in [1.82, 2.24) is 0 Å². The van der Waals surface area contributed by atoms with Crippen molar-refractivity contribution < 1.29 is 39.6 Å². The van der Waals surface area contributed by atoms with Gasteiger partial charge in [0, 0.05) is 5.92 Å². The van der Waals surface area contributed by atoms with Gasteiger partial charge in [-0.3, -0.25) is 0 Å². The largest absolute Gasteiger partial charge is 0.478 e. The maximum absolute atomic E-state index is 11.6. The Hall–Kier alpha value is -7.84. The third-order valence-electron chi connectivity index (χ3n) is 11.9. The Bertz CT molecular complexity index is 2510. The third kappa shape index (κ3) is 7.99. The highest BCUT2D eigenvalue weighted by Gasteiger charge is 2.43. The summed E-state index contributed by atoms with van der Waals surface area (Å²) in [5.74, 6) is -3.97. The topological polar surface area (TPSA) is 149 Å². The highest BCUT2D eigenvalue weighted by molar-refractivity contribution is 5.91. The number of carbonyl (C=O) groups is 4. The minimum Gasteiger partial charge on any atom is -0.478 e. The van der Waals surface area contributed by atoms with Gasteiger partial charge in [0.1, 0.15) is 0 Å². The number of hydrogen-bond acceptors (Lipinski definition) is 4. The molecule has 6 aromatic carbocycles.